The monoisotopic (exact) mass is 373 g/mol. The summed E-state index contributed by atoms with van der Waals surface area (Å²) in [6, 6.07) is 12.8. The Balaban J connectivity index is 1.86. The molecule has 6 heteroatoms. The second-order valence-electron chi connectivity index (χ2n) is 7.16. The highest BCUT2D eigenvalue weighted by molar-refractivity contribution is 6.31. The highest BCUT2D eigenvalue weighted by Gasteiger charge is 2.34. The first-order valence-corrected chi connectivity index (χ1v) is 8.97. The number of halogens is 1. The van der Waals surface area contributed by atoms with Crippen molar-refractivity contribution in [2.45, 2.75) is 32.4 Å². The summed E-state index contributed by atoms with van der Waals surface area (Å²) in [5, 5.41) is 7.02. The van der Waals surface area contributed by atoms with Gasteiger partial charge in [0.15, 0.2) is 0 Å². The van der Waals surface area contributed by atoms with Gasteiger partial charge in [0.2, 0.25) is 5.91 Å². The molecular weight excluding hydrogens is 350 g/mol. The summed E-state index contributed by atoms with van der Waals surface area (Å²) in [5.41, 5.74) is 2.48. The maximum Gasteiger partial charge on any atom is 0.246 e. The van der Waals surface area contributed by atoms with E-state index in [1.807, 2.05) is 31.2 Å². The van der Waals surface area contributed by atoms with Crippen molar-refractivity contribution < 1.29 is 9.53 Å². The van der Waals surface area contributed by atoms with Crippen LogP contribution < -0.4 is 20.3 Å². The first kappa shape index (κ1) is 18.4. The van der Waals surface area contributed by atoms with Crippen LogP contribution >= 0.6 is 11.6 Å². The SMILES string of the molecule is COc1ccc(Cl)cc1NC(=O)C(C)N1CC(C)(C)Nc2ccccc21. The molecule has 1 heterocycles. The molecule has 138 valence electrons. The Labute approximate surface area is 159 Å². The zero-order chi connectivity index (χ0) is 18.9. The first-order chi connectivity index (χ1) is 12.3. The molecule has 0 bridgehead atoms. The van der Waals surface area contributed by atoms with Crippen LogP contribution in [0, 0.1) is 0 Å². The first-order valence-electron chi connectivity index (χ1n) is 8.59. The van der Waals surface area contributed by atoms with Crippen molar-refractivity contribution in [2.75, 3.05) is 29.2 Å². The van der Waals surface area contributed by atoms with Crippen LogP contribution in [0.4, 0.5) is 17.1 Å². The van der Waals surface area contributed by atoms with E-state index in [4.69, 9.17) is 16.3 Å². The quantitative estimate of drug-likeness (QED) is 0.834. The Morgan fingerprint density at radius 1 is 1.31 bits per heavy atom. The second-order valence-corrected chi connectivity index (χ2v) is 7.60. The number of hydrogen-bond acceptors (Lipinski definition) is 4. The van der Waals surface area contributed by atoms with Crippen LogP contribution in [-0.4, -0.2) is 31.1 Å². The Kier molecular flexibility index (Phi) is 5.01. The van der Waals surface area contributed by atoms with Crippen LogP contribution in [0.15, 0.2) is 42.5 Å². The van der Waals surface area contributed by atoms with Crippen molar-refractivity contribution in [3.8, 4) is 5.75 Å². The number of nitrogens with zero attached hydrogens (tertiary/aromatic N) is 1. The van der Waals surface area contributed by atoms with E-state index in [2.05, 4.69) is 29.4 Å². The lowest BCUT2D eigenvalue weighted by atomic mass is 9.97. The number of carbonyl (C=O) groups is 1. The molecule has 0 saturated heterocycles. The minimum Gasteiger partial charge on any atom is -0.495 e. The molecule has 0 saturated carbocycles. The number of amides is 1. The molecule has 1 unspecified atom stereocenters. The molecule has 2 N–H and O–H groups in total. The Morgan fingerprint density at radius 3 is 2.77 bits per heavy atom. The molecule has 0 spiro atoms. The fraction of sp³-hybridized carbons (Fsp3) is 0.350. The largest absolute Gasteiger partial charge is 0.495 e. The standard InChI is InChI=1S/C20H24ClN3O2/c1-13(19(25)22-16-11-14(21)9-10-18(16)26-4)24-12-20(2,3)23-15-7-5-6-8-17(15)24/h5-11,13,23H,12H2,1-4H3,(H,22,25). The normalized spacial score (nSPS) is 16.3. The molecule has 0 radical (unpaired) electrons. The Morgan fingerprint density at radius 2 is 2.04 bits per heavy atom. The number of para-hydroxylation sites is 2. The molecule has 1 atom stereocenters. The number of anilines is 3. The summed E-state index contributed by atoms with van der Waals surface area (Å²) in [7, 11) is 1.57. The molecule has 26 heavy (non-hydrogen) atoms. The molecule has 5 nitrogen and oxygen atoms in total. The fourth-order valence-corrected chi connectivity index (χ4v) is 3.42. The van der Waals surface area contributed by atoms with Gasteiger partial charge >= 0.3 is 0 Å². The van der Waals surface area contributed by atoms with Gasteiger partial charge in [0, 0.05) is 17.1 Å². The van der Waals surface area contributed by atoms with Crippen molar-refractivity contribution in [1.29, 1.82) is 0 Å². The van der Waals surface area contributed by atoms with Gasteiger partial charge in [-0.1, -0.05) is 23.7 Å². The van der Waals surface area contributed by atoms with Crippen LogP contribution in [0.5, 0.6) is 5.75 Å². The van der Waals surface area contributed by atoms with Crippen LogP contribution in [0.2, 0.25) is 5.02 Å². The molecule has 0 aromatic heterocycles. The van der Waals surface area contributed by atoms with E-state index >= 15 is 0 Å². The number of ether oxygens (including phenoxy) is 1. The number of methoxy groups -OCH3 is 1. The summed E-state index contributed by atoms with van der Waals surface area (Å²) in [6.07, 6.45) is 0. The molecule has 0 aliphatic carbocycles. The summed E-state index contributed by atoms with van der Waals surface area (Å²) in [4.78, 5) is 15.1. The van der Waals surface area contributed by atoms with E-state index in [9.17, 15) is 4.79 Å². The Hall–Kier alpha value is -2.40. The number of hydrogen-bond donors (Lipinski definition) is 2. The van der Waals surface area contributed by atoms with Gasteiger partial charge in [0.1, 0.15) is 11.8 Å². The maximum atomic E-state index is 12.9. The van der Waals surface area contributed by atoms with E-state index in [1.165, 1.54) is 0 Å². The molecule has 1 aliphatic heterocycles. The lowest BCUT2D eigenvalue weighted by molar-refractivity contribution is -0.117. The van der Waals surface area contributed by atoms with E-state index in [-0.39, 0.29) is 17.5 Å². The van der Waals surface area contributed by atoms with Crippen molar-refractivity contribution in [3.63, 3.8) is 0 Å². The third-order valence-corrected chi connectivity index (χ3v) is 4.75. The maximum absolute atomic E-state index is 12.9. The molecule has 2 aromatic carbocycles. The highest BCUT2D eigenvalue weighted by atomic mass is 35.5. The molecule has 1 aliphatic rings. The van der Waals surface area contributed by atoms with Gasteiger partial charge < -0.3 is 20.3 Å². The summed E-state index contributed by atoms with van der Waals surface area (Å²) < 4.78 is 5.32. The summed E-state index contributed by atoms with van der Waals surface area (Å²) in [5.74, 6) is 0.467. The van der Waals surface area contributed by atoms with Crippen molar-refractivity contribution in [1.82, 2.24) is 0 Å². The average Bonchev–Trinajstić information content (AvgIpc) is 2.59. The third kappa shape index (κ3) is 3.73. The van der Waals surface area contributed by atoms with Crippen LogP contribution in [0.3, 0.4) is 0 Å². The van der Waals surface area contributed by atoms with Gasteiger partial charge in [-0.15, -0.1) is 0 Å². The number of rotatable bonds is 4. The predicted molar refractivity (Wildman–Crippen MR) is 108 cm³/mol. The van der Waals surface area contributed by atoms with Crippen LogP contribution in [-0.2, 0) is 4.79 Å². The van der Waals surface area contributed by atoms with E-state index in [0.717, 1.165) is 11.4 Å². The molecule has 2 aromatic rings. The Bertz CT molecular complexity index is 822. The second kappa shape index (κ2) is 7.08. The predicted octanol–water partition coefficient (Wildman–Crippen LogP) is 4.39. The zero-order valence-corrected chi connectivity index (χ0v) is 16.2. The topological polar surface area (TPSA) is 53.6 Å². The zero-order valence-electron chi connectivity index (χ0n) is 15.5. The van der Waals surface area contributed by atoms with Gasteiger partial charge in [-0.2, -0.15) is 0 Å². The van der Waals surface area contributed by atoms with Gasteiger partial charge in [0.05, 0.1) is 24.2 Å². The lowest BCUT2D eigenvalue weighted by Gasteiger charge is -2.44. The summed E-state index contributed by atoms with van der Waals surface area (Å²) >= 11 is 6.06. The van der Waals surface area contributed by atoms with E-state index < -0.39 is 0 Å². The number of carbonyl (C=O) groups excluding carboxylic acids is 1. The van der Waals surface area contributed by atoms with Crippen molar-refractivity contribution in [3.05, 3.63) is 47.5 Å². The van der Waals surface area contributed by atoms with Gasteiger partial charge in [-0.05, 0) is 51.1 Å². The number of benzene rings is 2. The van der Waals surface area contributed by atoms with Gasteiger partial charge in [-0.3, -0.25) is 4.79 Å². The number of fused-ring (bicyclic) bond motifs is 1. The molecule has 3 rings (SSSR count). The smallest absolute Gasteiger partial charge is 0.246 e. The van der Waals surface area contributed by atoms with Gasteiger partial charge in [-0.25, -0.2) is 0 Å². The average molecular weight is 374 g/mol. The lowest BCUT2D eigenvalue weighted by Crippen LogP contribution is -2.54. The number of nitrogens with one attached hydrogen (secondary N) is 2. The summed E-state index contributed by atoms with van der Waals surface area (Å²) in [6.45, 7) is 6.87. The molecule has 0 fully saturated rings. The van der Waals surface area contributed by atoms with Crippen LogP contribution in [0.25, 0.3) is 0 Å². The minimum atomic E-state index is -0.360. The van der Waals surface area contributed by atoms with E-state index in [0.29, 0.717) is 23.0 Å². The highest BCUT2D eigenvalue weighted by Crippen LogP contribution is 2.36. The van der Waals surface area contributed by atoms with Crippen molar-refractivity contribution in [2.24, 2.45) is 0 Å². The van der Waals surface area contributed by atoms with E-state index in [1.54, 1.807) is 25.3 Å². The minimum absolute atomic E-state index is 0.113. The fourth-order valence-electron chi connectivity index (χ4n) is 3.25. The van der Waals surface area contributed by atoms with Crippen molar-refractivity contribution >= 4 is 34.6 Å². The van der Waals surface area contributed by atoms with Gasteiger partial charge in [0.25, 0.3) is 0 Å². The third-order valence-electron chi connectivity index (χ3n) is 4.52. The van der Waals surface area contributed by atoms with Crippen LogP contribution in [0.1, 0.15) is 20.8 Å². The molecular formula is C20H24ClN3O2. The molecule has 1 amide bonds.